The summed E-state index contributed by atoms with van der Waals surface area (Å²) in [4.78, 5) is 0. The van der Waals surface area contributed by atoms with Crippen molar-refractivity contribution in [2.75, 3.05) is 0 Å². The molecule has 3 aromatic carbocycles. The topological polar surface area (TPSA) is 130 Å². The van der Waals surface area contributed by atoms with Gasteiger partial charge in [-0.05, 0) is 42.2 Å². The van der Waals surface area contributed by atoms with Crippen molar-refractivity contribution in [3.63, 3.8) is 0 Å². The Morgan fingerprint density at radius 2 is 1.66 bits per heavy atom. The Morgan fingerprint density at radius 1 is 0.857 bits per heavy atom. The maximum absolute atomic E-state index is 6.02. The maximum Gasteiger partial charge on any atom is 0.184 e. The maximum atomic E-state index is 6.02. The highest BCUT2D eigenvalue weighted by atomic mass is 16.5. The number of nitrogens with two attached hydrogens (primary N) is 2. The number of benzene rings is 3. The predicted octanol–water partition coefficient (Wildman–Crippen LogP) is 5.31. The van der Waals surface area contributed by atoms with Gasteiger partial charge in [-0.1, -0.05) is 71.9 Å². The second-order valence-corrected chi connectivity index (χ2v) is 8.39. The smallest absolute Gasteiger partial charge is 0.184 e. The number of aromatic nitrogens is 2. The van der Waals surface area contributed by atoms with Gasteiger partial charge in [0.2, 0.25) is 0 Å². The molecule has 2 heterocycles. The molecule has 0 aliphatic heterocycles. The molecule has 0 radical (unpaired) electrons. The zero-order valence-electron chi connectivity index (χ0n) is 19.2. The third-order valence-corrected chi connectivity index (χ3v) is 6.41. The monoisotopic (exact) mass is 462 g/mol. The number of aryl methyl sites for hydroxylation is 1. The van der Waals surface area contributed by atoms with Crippen LogP contribution in [0.5, 0.6) is 0 Å². The molecule has 0 saturated carbocycles. The normalized spacial score (nSPS) is 12.5. The summed E-state index contributed by atoms with van der Waals surface area (Å²) in [6.45, 7) is 0. The molecule has 0 fully saturated rings. The van der Waals surface area contributed by atoms with Gasteiger partial charge in [0.15, 0.2) is 5.76 Å². The van der Waals surface area contributed by atoms with E-state index in [1.54, 1.807) is 0 Å². The molecule has 7 N–H and O–H groups in total. The van der Waals surface area contributed by atoms with E-state index in [4.69, 9.17) is 16.1 Å². The van der Waals surface area contributed by atoms with Crippen LogP contribution in [0.4, 0.5) is 0 Å². The summed E-state index contributed by atoms with van der Waals surface area (Å²) in [5.74, 6) is 6.45. The molecule has 5 aromatic rings. The van der Waals surface area contributed by atoms with E-state index in [0.29, 0.717) is 11.6 Å². The van der Waals surface area contributed by atoms with Crippen molar-refractivity contribution in [3.8, 4) is 39.5 Å². The van der Waals surface area contributed by atoms with Gasteiger partial charge in [-0.15, -0.1) is 0 Å². The molecule has 0 amide bonds. The standard InChI is InChI=1S/C28H23N5O.H3N/c29-28(31-30)20-10-6-11-21(15-20)33-25-14-13-18-7-4-5-12-22(18)23(25)16-26(33)27-17-24(32-34-27)19-8-2-1-3-9-19;/h1-12,15-17H,13-14,30H2,(H2,29,31);1H3. The minimum atomic E-state index is 0. The van der Waals surface area contributed by atoms with Gasteiger partial charge in [0.1, 0.15) is 11.5 Å². The van der Waals surface area contributed by atoms with Crippen LogP contribution in [0.2, 0.25) is 0 Å². The van der Waals surface area contributed by atoms with E-state index in [0.717, 1.165) is 41.0 Å². The van der Waals surface area contributed by atoms with Gasteiger partial charge in [-0.3, -0.25) is 0 Å². The van der Waals surface area contributed by atoms with Crippen molar-refractivity contribution in [1.29, 1.82) is 0 Å². The van der Waals surface area contributed by atoms with E-state index in [2.05, 4.69) is 51.2 Å². The van der Waals surface area contributed by atoms with Crippen LogP contribution in [-0.4, -0.2) is 15.6 Å². The van der Waals surface area contributed by atoms with Crippen LogP contribution < -0.4 is 17.7 Å². The van der Waals surface area contributed by atoms with E-state index < -0.39 is 0 Å². The summed E-state index contributed by atoms with van der Waals surface area (Å²) < 4.78 is 8.14. The summed E-state index contributed by atoms with van der Waals surface area (Å²) in [6.07, 6.45) is 1.89. The Balaban J connectivity index is 0.00000253. The molecule has 0 unspecified atom stereocenters. The van der Waals surface area contributed by atoms with Crippen LogP contribution in [0, 0.1) is 0 Å². The van der Waals surface area contributed by atoms with Crippen molar-refractivity contribution in [1.82, 2.24) is 15.9 Å². The third kappa shape index (κ3) is 3.78. The number of rotatable bonds is 4. The van der Waals surface area contributed by atoms with Crippen LogP contribution >= 0.6 is 0 Å². The Hall–Kier alpha value is -4.62. The van der Waals surface area contributed by atoms with E-state index in [1.165, 1.54) is 22.4 Å². The SMILES string of the molecule is N.N/N=C(\N)c1cccc(-n2c(-c3cc(-c4ccccc4)no3)cc3c2CCc2ccccc2-3)c1. The molecule has 0 spiro atoms. The lowest BCUT2D eigenvalue weighted by atomic mass is 9.90. The largest absolute Gasteiger partial charge is 0.382 e. The fourth-order valence-electron chi connectivity index (χ4n) is 4.78. The van der Waals surface area contributed by atoms with Gasteiger partial charge in [0.25, 0.3) is 0 Å². The Bertz CT molecular complexity index is 1530. The molecule has 0 bridgehead atoms. The zero-order chi connectivity index (χ0) is 23.1. The fourth-order valence-corrected chi connectivity index (χ4v) is 4.78. The van der Waals surface area contributed by atoms with Crippen LogP contribution in [0.1, 0.15) is 16.8 Å². The molecule has 35 heavy (non-hydrogen) atoms. The molecule has 174 valence electrons. The molecule has 7 heteroatoms. The van der Waals surface area contributed by atoms with Gasteiger partial charge in [0, 0.05) is 34.1 Å². The van der Waals surface area contributed by atoms with E-state index >= 15 is 0 Å². The van der Waals surface area contributed by atoms with E-state index in [-0.39, 0.29) is 6.15 Å². The molecular formula is C28H26N6O. The molecule has 1 aliphatic carbocycles. The van der Waals surface area contributed by atoms with Crippen molar-refractivity contribution < 1.29 is 4.52 Å². The first-order valence-corrected chi connectivity index (χ1v) is 11.2. The lowest BCUT2D eigenvalue weighted by Crippen LogP contribution is -2.16. The summed E-state index contributed by atoms with van der Waals surface area (Å²) in [5.41, 5.74) is 15.6. The Kier molecular flexibility index (Phi) is 5.68. The van der Waals surface area contributed by atoms with E-state index in [1.807, 2.05) is 54.6 Å². The first-order chi connectivity index (χ1) is 16.7. The average molecular weight is 463 g/mol. The lowest BCUT2D eigenvalue weighted by Gasteiger charge is -2.20. The van der Waals surface area contributed by atoms with Gasteiger partial charge in [-0.25, -0.2) is 0 Å². The first kappa shape index (κ1) is 22.2. The minimum Gasteiger partial charge on any atom is -0.382 e. The van der Waals surface area contributed by atoms with Crippen molar-refractivity contribution in [2.45, 2.75) is 12.8 Å². The molecular weight excluding hydrogens is 436 g/mol. The average Bonchev–Trinajstić information content (AvgIpc) is 3.54. The summed E-state index contributed by atoms with van der Waals surface area (Å²) >= 11 is 0. The number of nitrogens with zero attached hydrogens (tertiary/aromatic N) is 3. The molecule has 0 saturated heterocycles. The van der Waals surface area contributed by atoms with Crippen molar-refractivity contribution in [2.24, 2.45) is 16.7 Å². The van der Waals surface area contributed by atoms with Crippen molar-refractivity contribution in [3.05, 3.63) is 108 Å². The molecule has 1 aliphatic rings. The highest BCUT2D eigenvalue weighted by Gasteiger charge is 2.26. The zero-order valence-corrected chi connectivity index (χ0v) is 19.2. The molecule has 2 aromatic heterocycles. The highest BCUT2D eigenvalue weighted by molar-refractivity contribution is 5.97. The van der Waals surface area contributed by atoms with Crippen LogP contribution in [0.3, 0.4) is 0 Å². The number of amidine groups is 1. The van der Waals surface area contributed by atoms with Gasteiger partial charge in [0.05, 0.1) is 5.69 Å². The molecule has 0 atom stereocenters. The van der Waals surface area contributed by atoms with Crippen molar-refractivity contribution >= 4 is 5.84 Å². The van der Waals surface area contributed by atoms with Crippen LogP contribution in [-0.2, 0) is 12.8 Å². The van der Waals surface area contributed by atoms with Gasteiger partial charge < -0.3 is 26.8 Å². The molecule has 6 rings (SSSR count). The van der Waals surface area contributed by atoms with Crippen LogP contribution in [0.25, 0.3) is 39.5 Å². The quantitative estimate of drug-likeness (QED) is 0.144. The molecule has 7 nitrogen and oxygen atoms in total. The number of fused-ring (bicyclic) bond motifs is 3. The highest BCUT2D eigenvalue weighted by Crippen LogP contribution is 2.41. The second-order valence-electron chi connectivity index (χ2n) is 8.39. The number of hydrogen-bond donors (Lipinski definition) is 3. The third-order valence-electron chi connectivity index (χ3n) is 6.41. The lowest BCUT2D eigenvalue weighted by molar-refractivity contribution is 0.433. The first-order valence-electron chi connectivity index (χ1n) is 11.2. The minimum absolute atomic E-state index is 0. The van der Waals surface area contributed by atoms with Crippen LogP contribution in [0.15, 0.2) is 101 Å². The summed E-state index contributed by atoms with van der Waals surface area (Å²) in [7, 11) is 0. The number of hydrogen-bond acceptors (Lipinski definition) is 5. The summed E-state index contributed by atoms with van der Waals surface area (Å²) in [5, 5.41) is 8.04. The Labute approximate surface area is 203 Å². The summed E-state index contributed by atoms with van der Waals surface area (Å²) in [6, 6.07) is 30.8. The second kappa shape index (κ2) is 8.96. The predicted molar refractivity (Wildman–Crippen MR) is 139 cm³/mol. The van der Waals surface area contributed by atoms with Gasteiger partial charge in [-0.2, -0.15) is 5.10 Å². The fraction of sp³-hybridized carbons (Fsp3) is 0.0714. The van der Waals surface area contributed by atoms with E-state index in [9.17, 15) is 0 Å². The number of hydrazone groups is 1. The Morgan fingerprint density at radius 3 is 2.49 bits per heavy atom. The van der Waals surface area contributed by atoms with Gasteiger partial charge >= 0.3 is 0 Å².